The van der Waals surface area contributed by atoms with E-state index in [9.17, 15) is 18.8 Å². The number of nitrogens with zero attached hydrogens (tertiary/aromatic N) is 2. The fourth-order valence-electron chi connectivity index (χ4n) is 5.44. The van der Waals surface area contributed by atoms with E-state index in [1.165, 1.54) is 30.2 Å². The Morgan fingerprint density at radius 2 is 2.03 bits per heavy atom. The van der Waals surface area contributed by atoms with Gasteiger partial charge in [0.25, 0.3) is 5.91 Å². The van der Waals surface area contributed by atoms with Crippen molar-refractivity contribution in [1.82, 2.24) is 4.90 Å². The zero-order chi connectivity index (χ0) is 23.5. The number of amides is 3. The molecule has 0 aliphatic carbocycles. The highest BCUT2D eigenvalue weighted by Gasteiger charge is 2.72. The van der Waals surface area contributed by atoms with Crippen molar-refractivity contribution in [3.05, 3.63) is 53.8 Å². The summed E-state index contributed by atoms with van der Waals surface area (Å²) in [7, 11) is 1.54. The summed E-state index contributed by atoms with van der Waals surface area (Å²) in [6, 6.07) is 9.30. The number of esters is 1. The van der Waals surface area contributed by atoms with Crippen LogP contribution >= 0.6 is 0 Å². The molecule has 3 amide bonds. The van der Waals surface area contributed by atoms with Gasteiger partial charge in [-0.1, -0.05) is 6.07 Å². The number of rotatable bonds is 4. The van der Waals surface area contributed by atoms with Crippen molar-refractivity contribution < 1.29 is 33.0 Å². The molecular weight excluding hydrogens is 431 g/mol. The van der Waals surface area contributed by atoms with Gasteiger partial charge in [0.15, 0.2) is 0 Å². The van der Waals surface area contributed by atoms with E-state index >= 15 is 0 Å². The first-order chi connectivity index (χ1) is 15.8. The summed E-state index contributed by atoms with van der Waals surface area (Å²) in [4.78, 5) is 43.0. The van der Waals surface area contributed by atoms with Crippen LogP contribution in [0.15, 0.2) is 42.5 Å². The Kier molecular flexibility index (Phi) is 4.81. The van der Waals surface area contributed by atoms with E-state index < -0.39 is 47.1 Å². The average molecular weight is 454 g/mol. The maximum atomic E-state index is 13.9. The number of anilines is 1. The normalized spacial score (nSPS) is 27.6. The molecule has 2 saturated heterocycles. The molecule has 4 atom stereocenters. The Labute approximate surface area is 189 Å². The second-order valence-corrected chi connectivity index (χ2v) is 8.47. The summed E-state index contributed by atoms with van der Waals surface area (Å²) in [5.74, 6) is -2.08. The number of benzene rings is 2. The molecule has 2 fully saturated rings. The van der Waals surface area contributed by atoms with Crippen LogP contribution in [0.1, 0.15) is 25.5 Å². The van der Waals surface area contributed by atoms with Crippen LogP contribution in [0, 0.1) is 17.7 Å². The van der Waals surface area contributed by atoms with Crippen LogP contribution in [0.4, 0.5) is 14.9 Å². The predicted octanol–water partition coefficient (Wildman–Crippen LogP) is 3.30. The SMILES string of the molecule is CCOC(=O)C1C2COc3cc(OC)ccc3C2N2C(=O)N(c3cccc(F)c3)C(=O)[C@]12C. The Hall–Kier alpha value is -3.62. The molecule has 33 heavy (non-hydrogen) atoms. The third-order valence-electron chi connectivity index (χ3n) is 6.83. The minimum absolute atomic E-state index is 0.113. The number of hydrogen-bond acceptors (Lipinski definition) is 6. The topological polar surface area (TPSA) is 85.4 Å². The summed E-state index contributed by atoms with van der Waals surface area (Å²) in [6.45, 7) is 3.52. The molecule has 3 aliphatic rings. The maximum absolute atomic E-state index is 13.9. The van der Waals surface area contributed by atoms with Crippen molar-refractivity contribution in [1.29, 1.82) is 0 Å². The van der Waals surface area contributed by atoms with E-state index in [-0.39, 0.29) is 18.9 Å². The average Bonchev–Trinajstić information content (AvgIpc) is 3.18. The minimum atomic E-state index is -1.52. The van der Waals surface area contributed by atoms with E-state index in [1.54, 1.807) is 32.0 Å². The highest BCUT2D eigenvalue weighted by atomic mass is 19.1. The van der Waals surface area contributed by atoms with Gasteiger partial charge in [-0.3, -0.25) is 9.59 Å². The molecule has 3 aliphatic heterocycles. The lowest BCUT2D eigenvalue weighted by Gasteiger charge is -2.34. The van der Waals surface area contributed by atoms with Gasteiger partial charge in [0.05, 0.1) is 38.0 Å². The molecule has 172 valence electrons. The van der Waals surface area contributed by atoms with Gasteiger partial charge in [0, 0.05) is 17.5 Å². The van der Waals surface area contributed by atoms with Gasteiger partial charge in [-0.05, 0) is 44.2 Å². The highest BCUT2D eigenvalue weighted by Crippen LogP contribution is 2.58. The van der Waals surface area contributed by atoms with Crippen molar-refractivity contribution in [3.63, 3.8) is 0 Å². The molecule has 2 aromatic rings. The Bertz CT molecular complexity index is 1170. The second-order valence-electron chi connectivity index (χ2n) is 8.47. The van der Waals surface area contributed by atoms with Gasteiger partial charge >= 0.3 is 12.0 Å². The molecule has 2 aromatic carbocycles. The van der Waals surface area contributed by atoms with E-state index in [0.29, 0.717) is 17.1 Å². The largest absolute Gasteiger partial charge is 0.497 e. The molecule has 0 N–H and O–H groups in total. The van der Waals surface area contributed by atoms with Crippen molar-refractivity contribution in [2.24, 2.45) is 11.8 Å². The molecule has 0 aromatic heterocycles. The lowest BCUT2D eigenvalue weighted by atomic mass is 9.77. The van der Waals surface area contributed by atoms with E-state index in [2.05, 4.69) is 0 Å². The monoisotopic (exact) mass is 454 g/mol. The number of halogens is 1. The third kappa shape index (κ3) is 2.84. The number of carbonyl (C=O) groups is 3. The van der Waals surface area contributed by atoms with Gasteiger partial charge in [-0.25, -0.2) is 14.1 Å². The molecule has 0 bridgehead atoms. The smallest absolute Gasteiger partial charge is 0.332 e. The summed E-state index contributed by atoms with van der Waals surface area (Å²) < 4.78 is 30.5. The van der Waals surface area contributed by atoms with E-state index in [4.69, 9.17) is 14.2 Å². The number of ether oxygens (including phenoxy) is 3. The minimum Gasteiger partial charge on any atom is -0.497 e. The second kappa shape index (κ2) is 7.47. The quantitative estimate of drug-likeness (QED) is 0.521. The number of urea groups is 1. The molecule has 9 heteroatoms. The Balaban J connectivity index is 1.68. The van der Waals surface area contributed by atoms with Crippen molar-refractivity contribution in [2.45, 2.75) is 25.4 Å². The summed E-state index contributed by atoms with van der Waals surface area (Å²) in [6.07, 6.45) is 0. The summed E-state index contributed by atoms with van der Waals surface area (Å²) in [5, 5.41) is 0. The van der Waals surface area contributed by atoms with Crippen molar-refractivity contribution in [2.75, 3.05) is 25.2 Å². The zero-order valence-corrected chi connectivity index (χ0v) is 18.4. The van der Waals surface area contributed by atoms with Gasteiger partial charge in [-0.2, -0.15) is 0 Å². The first kappa shape index (κ1) is 21.2. The highest BCUT2D eigenvalue weighted by molar-refractivity contribution is 6.24. The lowest BCUT2D eigenvalue weighted by molar-refractivity contribution is -0.154. The number of imide groups is 1. The number of carbonyl (C=O) groups excluding carboxylic acids is 3. The Morgan fingerprint density at radius 1 is 1.24 bits per heavy atom. The number of methoxy groups -OCH3 is 1. The zero-order valence-electron chi connectivity index (χ0n) is 18.4. The van der Waals surface area contributed by atoms with Crippen LogP contribution in [0.3, 0.4) is 0 Å². The molecular formula is C24H23FN2O6. The van der Waals surface area contributed by atoms with Gasteiger partial charge in [0.2, 0.25) is 0 Å². The Morgan fingerprint density at radius 3 is 2.73 bits per heavy atom. The first-order valence-corrected chi connectivity index (χ1v) is 10.7. The molecule has 0 radical (unpaired) electrons. The van der Waals surface area contributed by atoms with Crippen LogP contribution in [0.25, 0.3) is 0 Å². The fourth-order valence-corrected chi connectivity index (χ4v) is 5.44. The molecule has 0 saturated carbocycles. The van der Waals surface area contributed by atoms with Gasteiger partial charge in [0.1, 0.15) is 22.9 Å². The third-order valence-corrected chi connectivity index (χ3v) is 6.83. The van der Waals surface area contributed by atoms with Crippen LogP contribution in [0.5, 0.6) is 11.5 Å². The van der Waals surface area contributed by atoms with Gasteiger partial charge < -0.3 is 19.1 Å². The first-order valence-electron chi connectivity index (χ1n) is 10.7. The van der Waals surface area contributed by atoms with Gasteiger partial charge in [-0.15, -0.1) is 0 Å². The van der Waals surface area contributed by atoms with Crippen LogP contribution in [0.2, 0.25) is 0 Å². The van der Waals surface area contributed by atoms with Crippen LogP contribution in [-0.2, 0) is 14.3 Å². The van der Waals surface area contributed by atoms with E-state index in [1.807, 2.05) is 0 Å². The summed E-state index contributed by atoms with van der Waals surface area (Å²) >= 11 is 0. The lowest BCUT2D eigenvalue weighted by Crippen LogP contribution is -2.51. The fraction of sp³-hybridized carbons (Fsp3) is 0.375. The van der Waals surface area contributed by atoms with E-state index in [0.717, 1.165) is 11.0 Å². The van der Waals surface area contributed by atoms with Crippen molar-refractivity contribution >= 4 is 23.6 Å². The molecule has 3 heterocycles. The van der Waals surface area contributed by atoms with Crippen LogP contribution in [-0.4, -0.2) is 48.7 Å². The maximum Gasteiger partial charge on any atom is 0.332 e. The van der Waals surface area contributed by atoms with Crippen molar-refractivity contribution in [3.8, 4) is 11.5 Å². The summed E-state index contributed by atoms with van der Waals surface area (Å²) in [5.41, 5.74) is -0.732. The molecule has 0 spiro atoms. The standard InChI is InChI=1S/C24H23FN2O6/c1-4-32-21(28)19-17-12-33-18-11-15(31-3)8-9-16(18)20(17)27-23(30)26(22(29)24(19,27)2)14-7-5-6-13(25)10-14/h5-11,17,19-20H,4,12H2,1-3H3/t17?,19?,20?,24-/m0/s1. The van der Waals surface area contributed by atoms with Crippen LogP contribution < -0.4 is 14.4 Å². The predicted molar refractivity (Wildman–Crippen MR) is 114 cm³/mol. The molecule has 5 rings (SSSR count). The number of hydrogen-bond donors (Lipinski definition) is 0. The molecule has 8 nitrogen and oxygen atoms in total. The molecule has 3 unspecified atom stereocenters. The number of fused-ring (bicyclic) bond motifs is 5.